The number of Topliss-reactive ketones (excluding diaryl/α,β-unsaturated/α-hetero) is 1. The van der Waals surface area contributed by atoms with Crippen LogP contribution in [0.4, 0.5) is 0 Å². The molecule has 0 amide bonds. The standard InChI is InChI=1S/C22H40O/c1-20(2)12-10-17(11-13-20)21(3,4)14-15-22(5,6)18-8-7-9-19(23)16-18/h17-18H,7-16H2,1-6H3. The van der Waals surface area contributed by atoms with Crippen LogP contribution in [0.15, 0.2) is 0 Å². The molecule has 2 aliphatic carbocycles. The minimum absolute atomic E-state index is 0.321. The molecule has 0 aromatic rings. The van der Waals surface area contributed by atoms with Gasteiger partial charge in [-0.25, -0.2) is 0 Å². The van der Waals surface area contributed by atoms with E-state index < -0.39 is 0 Å². The average molecular weight is 321 g/mol. The third-order valence-corrected chi connectivity index (χ3v) is 7.45. The number of ketones is 1. The van der Waals surface area contributed by atoms with Crippen molar-refractivity contribution >= 4 is 5.78 Å². The van der Waals surface area contributed by atoms with Crippen LogP contribution in [0.3, 0.4) is 0 Å². The molecule has 2 saturated carbocycles. The van der Waals surface area contributed by atoms with Gasteiger partial charge in [-0.2, -0.15) is 0 Å². The average Bonchev–Trinajstić information content (AvgIpc) is 2.45. The highest BCUT2D eigenvalue weighted by atomic mass is 16.1. The third-order valence-electron chi connectivity index (χ3n) is 7.45. The van der Waals surface area contributed by atoms with Gasteiger partial charge in [0.15, 0.2) is 0 Å². The summed E-state index contributed by atoms with van der Waals surface area (Å²) in [5, 5.41) is 0. The van der Waals surface area contributed by atoms with E-state index >= 15 is 0 Å². The van der Waals surface area contributed by atoms with E-state index in [1.165, 1.54) is 44.9 Å². The predicted molar refractivity (Wildman–Crippen MR) is 99.5 cm³/mol. The minimum atomic E-state index is 0.321. The van der Waals surface area contributed by atoms with Gasteiger partial charge in [0.25, 0.3) is 0 Å². The lowest BCUT2D eigenvalue weighted by Gasteiger charge is -2.44. The zero-order valence-corrected chi connectivity index (χ0v) is 16.6. The molecule has 0 aliphatic heterocycles. The Morgan fingerprint density at radius 2 is 1.43 bits per heavy atom. The normalized spacial score (nSPS) is 27.2. The van der Waals surface area contributed by atoms with Crippen LogP contribution in [-0.4, -0.2) is 5.78 Å². The molecule has 1 heteroatoms. The highest BCUT2D eigenvalue weighted by Gasteiger charge is 2.38. The molecule has 0 saturated heterocycles. The van der Waals surface area contributed by atoms with E-state index in [9.17, 15) is 4.79 Å². The van der Waals surface area contributed by atoms with Crippen LogP contribution in [0, 0.1) is 28.1 Å². The lowest BCUT2D eigenvalue weighted by molar-refractivity contribution is -0.123. The first-order chi connectivity index (χ1) is 10.5. The fraction of sp³-hybridized carbons (Fsp3) is 0.955. The molecule has 1 atom stereocenters. The van der Waals surface area contributed by atoms with E-state index in [2.05, 4.69) is 41.5 Å². The van der Waals surface area contributed by atoms with Gasteiger partial charge in [-0.1, -0.05) is 41.5 Å². The topological polar surface area (TPSA) is 17.1 Å². The molecular weight excluding hydrogens is 280 g/mol. The van der Waals surface area contributed by atoms with Gasteiger partial charge in [0.2, 0.25) is 0 Å². The summed E-state index contributed by atoms with van der Waals surface area (Å²) in [5.74, 6) is 2.01. The van der Waals surface area contributed by atoms with Crippen LogP contribution >= 0.6 is 0 Å². The van der Waals surface area contributed by atoms with Crippen molar-refractivity contribution in [3.05, 3.63) is 0 Å². The lowest BCUT2D eigenvalue weighted by Crippen LogP contribution is -2.34. The van der Waals surface area contributed by atoms with Gasteiger partial charge in [-0.3, -0.25) is 4.79 Å². The molecule has 2 fully saturated rings. The van der Waals surface area contributed by atoms with Gasteiger partial charge in [0.05, 0.1) is 0 Å². The maximum absolute atomic E-state index is 11.8. The minimum Gasteiger partial charge on any atom is -0.300 e. The molecule has 1 nitrogen and oxygen atoms in total. The van der Waals surface area contributed by atoms with Crippen molar-refractivity contribution in [1.29, 1.82) is 0 Å². The Morgan fingerprint density at radius 3 is 1.96 bits per heavy atom. The zero-order valence-electron chi connectivity index (χ0n) is 16.6. The van der Waals surface area contributed by atoms with Crippen molar-refractivity contribution in [2.45, 2.75) is 106 Å². The summed E-state index contributed by atoms with van der Waals surface area (Å²) in [6.45, 7) is 14.7. The second kappa shape index (κ2) is 6.89. The fourth-order valence-corrected chi connectivity index (χ4v) is 4.92. The Hall–Kier alpha value is -0.330. The van der Waals surface area contributed by atoms with Crippen LogP contribution in [0.25, 0.3) is 0 Å². The molecule has 2 rings (SSSR count). The highest BCUT2D eigenvalue weighted by Crippen LogP contribution is 2.49. The van der Waals surface area contributed by atoms with E-state index in [1.54, 1.807) is 0 Å². The van der Waals surface area contributed by atoms with Gasteiger partial charge >= 0.3 is 0 Å². The smallest absolute Gasteiger partial charge is 0.133 e. The Kier molecular flexibility index (Phi) is 5.69. The summed E-state index contributed by atoms with van der Waals surface area (Å²) < 4.78 is 0. The molecule has 134 valence electrons. The second-order valence-corrected chi connectivity index (χ2v) is 10.7. The van der Waals surface area contributed by atoms with E-state index in [0.29, 0.717) is 27.9 Å². The molecule has 2 aliphatic rings. The molecule has 0 heterocycles. The maximum Gasteiger partial charge on any atom is 0.133 e. The molecular formula is C22H40O. The molecule has 0 bridgehead atoms. The Bertz CT molecular complexity index is 406. The quantitative estimate of drug-likeness (QED) is 0.544. The van der Waals surface area contributed by atoms with Crippen molar-refractivity contribution in [1.82, 2.24) is 0 Å². The van der Waals surface area contributed by atoms with Crippen LogP contribution in [0.2, 0.25) is 0 Å². The van der Waals surface area contributed by atoms with Crippen LogP contribution in [-0.2, 0) is 4.79 Å². The molecule has 0 aromatic heterocycles. The predicted octanol–water partition coefficient (Wildman–Crippen LogP) is 6.79. The van der Waals surface area contributed by atoms with Crippen LogP contribution in [0.5, 0.6) is 0 Å². The zero-order chi connectivity index (χ0) is 17.3. The summed E-state index contributed by atoms with van der Waals surface area (Å²) in [6, 6.07) is 0. The van der Waals surface area contributed by atoms with E-state index in [4.69, 9.17) is 0 Å². The number of carbonyl (C=O) groups excluding carboxylic acids is 1. The van der Waals surface area contributed by atoms with Crippen LogP contribution in [0.1, 0.15) is 106 Å². The number of rotatable bonds is 5. The first-order valence-corrected chi connectivity index (χ1v) is 10.0. The second-order valence-electron chi connectivity index (χ2n) is 10.7. The van der Waals surface area contributed by atoms with E-state index in [0.717, 1.165) is 25.2 Å². The number of hydrogen-bond acceptors (Lipinski definition) is 1. The van der Waals surface area contributed by atoms with Gasteiger partial charge in [-0.15, -0.1) is 0 Å². The Morgan fingerprint density at radius 1 is 0.913 bits per heavy atom. The van der Waals surface area contributed by atoms with Gasteiger partial charge in [-0.05, 0) is 79.4 Å². The van der Waals surface area contributed by atoms with E-state index in [-0.39, 0.29) is 0 Å². The number of carbonyl (C=O) groups is 1. The van der Waals surface area contributed by atoms with Crippen molar-refractivity contribution < 1.29 is 4.79 Å². The lowest BCUT2D eigenvalue weighted by atomic mass is 9.61. The summed E-state index contributed by atoms with van der Waals surface area (Å²) in [4.78, 5) is 11.8. The van der Waals surface area contributed by atoms with Gasteiger partial charge in [0, 0.05) is 12.8 Å². The molecule has 0 N–H and O–H groups in total. The monoisotopic (exact) mass is 320 g/mol. The van der Waals surface area contributed by atoms with Crippen molar-refractivity contribution in [2.75, 3.05) is 0 Å². The highest BCUT2D eigenvalue weighted by molar-refractivity contribution is 5.79. The maximum atomic E-state index is 11.8. The molecule has 1 unspecified atom stereocenters. The molecule has 0 aromatic carbocycles. The van der Waals surface area contributed by atoms with E-state index in [1.807, 2.05) is 0 Å². The SMILES string of the molecule is CC1(C)CCC(C(C)(C)CCC(C)(C)C2CCCC(=O)C2)CC1. The van der Waals surface area contributed by atoms with Gasteiger partial charge in [0.1, 0.15) is 5.78 Å². The van der Waals surface area contributed by atoms with Crippen molar-refractivity contribution in [2.24, 2.45) is 28.1 Å². The Labute approximate surface area is 145 Å². The summed E-state index contributed by atoms with van der Waals surface area (Å²) in [5.41, 5.74) is 1.34. The summed E-state index contributed by atoms with van der Waals surface area (Å²) in [6.07, 6.45) is 12.2. The molecule has 0 radical (unpaired) electrons. The first kappa shape index (κ1) is 19.0. The molecule has 23 heavy (non-hydrogen) atoms. The molecule has 0 spiro atoms. The summed E-state index contributed by atoms with van der Waals surface area (Å²) >= 11 is 0. The Balaban J connectivity index is 1.89. The fourth-order valence-electron chi connectivity index (χ4n) is 4.92. The van der Waals surface area contributed by atoms with Crippen LogP contribution < -0.4 is 0 Å². The van der Waals surface area contributed by atoms with Crippen molar-refractivity contribution in [3.63, 3.8) is 0 Å². The largest absolute Gasteiger partial charge is 0.300 e. The number of hydrogen-bond donors (Lipinski definition) is 0. The first-order valence-electron chi connectivity index (χ1n) is 10.0. The van der Waals surface area contributed by atoms with Crippen molar-refractivity contribution in [3.8, 4) is 0 Å². The summed E-state index contributed by atoms with van der Waals surface area (Å²) in [7, 11) is 0. The van der Waals surface area contributed by atoms with Gasteiger partial charge < -0.3 is 0 Å². The third kappa shape index (κ3) is 5.07.